The molecular weight excluding hydrogens is 290 g/mol. The van der Waals surface area contributed by atoms with Gasteiger partial charge in [-0.2, -0.15) is 0 Å². The molecule has 0 aliphatic heterocycles. The van der Waals surface area contributed by atoms with Gasteiger partial charge in [-0.1, -0.05) is 6.92 Å². The van der Waals surface area contributed by atoms with Crippen LogP contribution < -0.4 is 4.90 Å². The number of anilines is 1. The van der Waals surface area contributed by atoms with Gasteiger partial charge in [0, 0.05) is 25.2 Å². The number of rotatable bonds is 9. The standard InChI is InChI=1S/C15H19NO6/c1-10(14(19)20)9-16(8-2-3-13(17)18)12-6-4-11(5-7-12)15(21)22/h4-7,10H,2-3,8-9H2,1H3,(H,17,18)(H,19,20)(H,21,22). The summed E-state index contributed by atoms with van der Waals surface area (Å²) in [4.78, 5) is 34.2. The van der Waals surface area contributed by atoms with Gasteiger partial charge >= 0.3 is 17.9 Å². The van der Waals surface area contributed by atoms with Crippen molar-refractivity contribution in [1.29, 1.82) is 0 Å². The van der Waals surface area contributed by atoms with Gasteiger partial charge in [0.15, 0.2) is 0 Å². The Morgan fingerprint density at radius 1 is 1.09 bits per heavy atom. The predicted octanol–water partition coefficient (Wildman–Crippen LogP) is 1.78. The van der Waals surface area contributed by atoms with Crippen LogP contribution in [0, 0.1) is 5.92 Å². The third-order valence-electron chi connectivity index (χ3n) is 3.21. The quantitative estimate of drug-likeness (QED) is 0.636. The molecule has 0 spiro atoms. The molecule has 1 unspecified atom stereocenters. The van der Waals surface area contributed by atoms with E-state index in [0.29, 0.717) is 18.7 Å². The van der Waals surface area contributed by atoms with Crippen LogP contribution in [0.25, 0.3) is 0 Å². The average Bonchev–Trinajstić information content (AvgIpc) is 2.45. The molecule has 7 heteroatoms. The number of hydrogen-bond acceptors (Lipinski definition) is 4. The summed E-state index contributed by atoms with van der Waals surface area (Å²) in [6.45, 7) is 2.18. The van der Waals surface area contributed by atoms with E-state index in [-0.39, 0.29) is 18.5 Å². The molecule has 0 aromatic heterocycles. The monoisotopic (exact) mass is 309 g/mol. The SMILES string of the molecule is CC(CN(CCCC(=O)O)c1ccc(C(=O)O)cc1)C(=O)O. The minimum absolute atomic E-state index is 0.00877. The lowest BCUT2D eigenvalue weighted by atomic mass is 10.1. The Morgan fingerprint density at radius 2 is 1.68 bits per heavy atom. The van der Waals surface area contributed by atoms with Crippen LogP contribution in [0.1, 0.15) is 30.1 Å². The van der Waals surface area contributed by atoms with Crippen molar-refractivity contribution in [3.63, 3.8) is 0 Å². The third-order valence-corrected chi connectivity index (χ3v) is 3.21. The van der Waals surface area contributed by atoms with Gasteiger partial charge in [-0.15, -0.1) is 0 Å². The second-order valence-electron chi connectivity index (χ2n) is 5.03. The van der Waals surface area contributed by atoms with Crippen LogP contribution in [0.5, 0.6) is 0 Å². The molecule has 1 aromatic rings. The number of carboxylic acid groups (broad SMARTS) is 3. The number of carbonyl (C=O) groups is 3. The van der Waals surface area contributed by atoms with Crippen molar-refractivity contribution in [3.8, 4) is 0 Å². The number of benzene rings is 1. The Labute approximate surface area is 127 Å². The predicted molar refractivity (Wildman–Crippen MR) is 79.3 cm³/mol. The number of aromatic carboxylic acids is 1. The van der Waals surface area contributed by atoms with Crippen molar-refractivity contribution in [1.82, 2.24) is 0 Å². The lowest BCUT2D eigenvalue weighted by Gasteiger charge is -2.26. The summed E-state index contributed by atoms with van der Waals surface area (Å²) >= 11 is 0. The second kappa shape index (κ2) is 8.02. The second-order valence-corrected chi connectivity index (χ2v) is 5.03. The first kappa shape index (κ1) is 17.5. The smallest absolute Gasteiger partial charge is 0.335 e. The summed E-state index contributed by atoms with van der Waals surface area (Å²) in [5, 5.41) is 26.6. The molecule has 7 nitrogen and oxygen atoms in total. The first-order chi connectivity index (χ1) is 10.3. The van der Waals surface area contributed by atoms with Gasteiger partial charge in [-0.05, 0) is 30.7 Å². The Kier molecular flexibility index (Phi) is 6.37. The molecule has 1 atom stereocenters. The average molecular weight is 309 g/mol. The molecule has 0 bridgehead atoms. The third kappa shape index (κ3) is 5.43. The molecule has 0 amide bonds. The maximum Gasteiger partial charge on any atom is 0.335 e. The molecule has 3 N–H and O–H groups in total. The summed E-state index contributed by atoms with van der Waals surface area (Å²) < 4.78 is 0. The normalized spacial score (nSPS) is 11.7. The number of aliphatic carboxylic acids is 2. The van der Waals surface area contributed by atoms with Gasteiger partial charge < -0.3 is 20.2 Å². The van der Waals surface area contributed by atoms with Gasteiger partial charge in [0.2, 0.25) is 0 Å². The largest absolute Gasteiger partial charge is 0.481 e. The molecule has 0 fully saturated rings. The van der Waals surface area contributed by atoms with Gasteiger partial charge in [-0.25, -0.2) is 4.79 Å². The topological polar surface area (TPSA) is 115 Å². The number of carboxylic acids is 3. The zero-order valence-corrected chi connectivity index (χ0v) is 12.2. The lowest BCUT2D eigenvalue weighted by Crippen LogP contribution is -2.33. The van der Waals surface area contributed by atoms with Crippen molar-refractivity contribution < 1.29 is 29.7 Å². The highest BCUT2D eigenvalue weighted by Gasteiger charge is 2.17. The molecule has 22 heavy (non-hydrogen) atoms. The maximum absolute atomic E-state index is 11.0. The van der Waals surface area contributed by atoms with Crippen LogP contribution in [0.15, 0.2) is 24.3 Å². The highest BCUT2D eigenvalue weighted by molar-refractivity contribution is 5.88. The van der Waals surface area contributed by atoms with Crippen LogP contribution in [0.3, 0.4) is 0 Å². The van der Waals surface area contributed by atoms with Crippen molar-refractivity contribution in [2.75, 3.05) is 18.0 Å². The molecular formula is C15H19NO6. The molecule has 120 valence electrons. The molecule has 0 saturated carbocycles. The Morgan fingerprint density at radius 3 is 2.14 bits per heavy atom. The van der Waals surface area contributed by atoms with Gasteiger partial charge in [0.05, 0.1) is 11.5 Å². The van der Waals surface area contributed by atoms with E-state index in [9.17, 15) is 14.4 Å². The molecule has 0 aliphatic carbocycles. The highest BCUT2D eigenvalue weighted by atomic mass is 16.4. The Hall–Kier alpha value is -2.57. The molecule has 0 saturated heterocycles. The van der Waals surface area contributed by atoms with E-state index in [0.717, 1.165) is 0 Å². The fraction of sp³-hybridized carbons (Fsp3) is 0.400. The van der Waals surface area contributed by atoms with E-state index in [1.165, 1.54) is 12.1 Å². The molecule has 0 radical (unpaired) electrons. The first-order valence-electron chi connectivity index (χ1n) is 6.84. The van der Waals surface area contributed by atoms with Crippen molar-refractivity contribution in [2.45, 2.75) is 19.8 Å². The summed E-state index contributed by atoms with van der Waals surface area (Å²) in [6.07, 6.45) is 0.369. The van der Waals surface area contributed by atoms with E-state index < -0.39 is 23.8 Å². The lowest BCUT2D eigenvalue weighted by molar-refractivity contribution is -0.141. The van der Waals surface area contributed by atoms with Gasteiger partial charge in [0.25, 0.3) is 0 Å². The summed E-state index contributed by atoms with van der Waals surface area (Å²) in [7, 11) is 0. The first-order valence-corrected chi connectivity index (χ1v) is 6.84. The van der Waals surface area contributed by atoms with Gasteiger partial charge in [0.1, 0.15) is 0 Å². The van der Waals surface area contributed by atoms with Crippen molar-refractivity contribution in [2.24, 2.45) is 5.92 Å². The Bertz CT molecular complexity index is 539. The van der Waals surface area contributed by atoms with E-state index in [1.54, 1.807) is 24.0 Å². The highest BCUT2D eigenvalue weighted by Crippen LogP contribution is 2.18. The molecule has 1 aromatic carbocycles. The molecule has 0 heterocycles. The van der Waals surface area contributed by atoms with Crippen molar-refractivity contribution in [3.05, 3.63) is 29.8 Å². The molecule has 1 rings (SSSR count). The van der Waals surface area contributed by atoms with Crippen LogP contribution >= 0.6 is 0 Å². The molecule has 0 aliphatic rings. The number of nitrogens with zero attached hydrogens (tertiary/aromatic N) is 1. The fourth-order valence-electron chi connectivity index (χ4n) is 1.97. The van der Waals surface area contributed by atoms with E-state index in [2.05, 4.69) is 0 Å². The van der Waals surface area contributed by atoms with Gasteiger partial charge in [-0.3, -0.25) is 9.59 Å². The summed E-state index contributed by atoms with van der Waals surface area (Å²) in [6, 6.07) is 6.07. The van der Waals surface area contributed by atoms with Crippen molar-refractivity contribution >= 4 is 23.6 Å². The number of hydrogen-bond donors (Lipinski definition) is 3. The minimum atomic E-state index is -1.04. The minimum Gasteiger partial charge on any atom is -0.481 e. The maximum atomic E-state index is 11.0. The Balaban J connectivity index is 2.84. The van der Waals surface area contributed by atoms with Crippen LogP contribution in [0.4, 0.5) is 5.69 Å². The van der Waals surface area contributed by atoms with E-state index in [4.69, 9.17) is 15.3 Å². The van der Waals surface area contributed by atoms with Crippen LogP contribution in [0.2, 0.25) is 0 Å². The van der Waals surface area contributed by atoms with E-state index >= 15 is 0 Å². The summed E-state index contributed by atoms with van der Waals surface area (Å²) in [5.41, 5.74) is 0.809. The van der Waals surface area contributed by atoms with Crippen LogP contribution in [-0.4, -0.2) is 46.3 Å². The fourth-order valence-corrected chi connectivity index (χ4v) is 1.97. The zero-order chi connectivity index (χ0) is 16.7. The van der Waals surface area contributed by atoms with E-state index in [1.807, 2.05) is 0 Å². The summed E-state index contributed by atoms with van der Waals surface area (Å²) in [5.74, 6) is -3.51. The van der Waals surface area contributed by atoms with Crippen LogP contribution in [-0.2, 0) is 9.59 Å². The zero-order valence-electron chi connectivity index (χ0n) is 12.2.